The number of fused-ring (bicyclic) bond motifs is 1. The maximum atomic E-state index is 12.8. The summed E-state index contributed by atoms with van der Waals surface area (Å²) in [5.41, 5.74) is 2.04. The SMILES string of the molecule is Cc1cc(C)n(-c2cc(N3CC4CN(C(=O)C5CCOCC5)CC4C3)ncn2)n1. The topological polar surface area (TPSA) is 76.4 Å². The Morgan fingerprint density at radius 3 is 2.34 bits per heavy atom. The van der Waals surface area contributed by atoms with Gasteiger partial charge in [-0.05, 0) is 32.8 Å². The molecule has 2 unspecified atom stereocenters. The first-order chi connectivity index (χ1) is 14.1. The minimum atomic E-state index is 0.156. The van der Waals surface area contributed by atoms with Gasteiger partial charge in [-0.2, -0.15) is 5.10 Å². The van der Waals surface area contributed by atoms with Crippen LogP contribution in [0.3, 0.4) is 0 Å². The molecule has 1 amide bonds. The van der Waals surface area contributed by atoms with E-state index in [9.17, 15) is 4.79 Å². The molecule has 0 aromatic carbocycles. The van der Waals surface area contributed by atoms with Crippen molar-refractivity contribution in [3.63, 3.8) is 0 Å². The van der Waals surface area contributed by atoms with Gasteiger partial charge in [-0.1, -0.05) is 0 Å². The molecule has 3 fully saturated rings. The van der Waals surface area contributed by atoms with Crippen LogP contribution in [-0.4, -0.2) is 69.9 Å². The first-order valence-corrected chi connectivity index (χ1v) is 10.6. The van der Waals surface area contributed by atoms with Gasteiger partial charge in [-0.15, -0.1) is 0 Å². The zero-order chi connectivity index (χ0) is 20.0. The van der Waals surface area contributed by atoms with E-state index in [-0.39, 0.29) is 5.92 Å². The van der Waals surface area contributed by atoms with E-state index in [0.29, 0.717) is 17.7 Å². The highest BCUT2D eigenvalue weighted by molar-refractivity contribution is 5.79. The lowest BCUT2D eigenvalue weighted by molar-refractivity contribution is -0.137. The fraction of sp³-hybridized carbons (Fsp3) is 0.619. The maximum Gasteiger partial charge on any atom is 0.225 e. The van der Waals surface area contributed by atoms with E-state index in [1.165, 1.54) is 0 Å². The fourth-order valence-electron chi connectivity index (χ4n) is 5.05. The van der Waals surface area contributed by atoms with Crippen LogP contribution >= 0.6 is 0 Å². The average molecular weight is 396 g/mol. The largest absolute Gasteiger partial charge is 0.381 e. The third-order valence-corrected chi connectivity index (χ3v) is 6.56. The Bertz CT molecular complexity index is 892. The zero-order valence-electron chi connectivity index (χ0n) is 17.1. The van der Waals surface area contributed by atoms with Crippen LogP contribution in [-0.2, 0) is 9.53 Å². The van der Waals surface area contributed by atoms with Crippen molar-refractivity contribution in [1.82, 2.24) is 24.6 Å². The third-order valence-electron chi connectivity index (χ3n) is 6.56. The molecule has 0 N–H and O–H groups in total. The van der Waals surface area contributed by atoms with E-state index in [1.54, 1.807) is 6.33 Å². The molecular weight excluding hydrogens is 368 g/mol. The van der Waals surface area contributed by atoms with Crippen molar-refractivity contribution in [1.29, 1.82) is 0 Å². The van der Waals surface area contributed by atoms with Gasteiger partial charge in [0.1, 0.15) is 12.1 Å². The van der Waals surface area contributed by atoms with Gasteiger partial charge in [0.05, 0.1) is 5.69 Å². The lowest BCUT2D eigenvalue weighted by Crippen LogP contribution is -2.39. The van der Waals surface area contributed by atoms with Crippen molar-refractivity contribution in [3.8, 4) is 5.82 Å². The van der Waals surface area contributed by atoms with Crippen molar-refractivity contribution in [2.75, 3.05) is 44.3 Å². The van der Waals surface area contributed by atoms with Crippen LogP contribution in [0.5, 0.6) is 0 Å². The smallest absolute Gasteiger partial charge is 0.225 e. The van der Waals surface area contributed by atoms with Crippen molar-refractivity contribution >= 4 is 11.7 Å². The monoisotopic (exact) mass is 396 g/mol. The molecule has 8 nitrogen and oxygen atoms in total. The Hall–Kier alpha value is -2.48. The number of anilines is 1. The number of hydrogen-bond acceptors (Lipinski definition) is 6. The van der Waals surface area contributed by atoms with Crippen LogP contribution in [0, 0.1) is 31.6 Å². The molecule has 0 spiro atoms. The van der Waals surface area contributed by atoms with Crippen molar-refractivity contribution in [3.05, 3.63) is 29.8 Å². The summed E-state index contributed by atoms with van der Waals surface area (Å²) < 4.78 is 7.27. The quantitative estimate of drug-likeness (QED) is 0.784. The van der Waals surface area contributed by atoms with Crippen LogP contribution < -0.4 is 4.90 Å². The number of aromatic nitrogens is 4. The molecule has 3 saturated heterocycles. The molecule has 2 aromatic rings. The highest BCUT2D eigenvalue weighted by Gasteiger charge is 2.43. The average Bonchev–Trinajstić information content (AvgIpc) is 3.41. The van der Waals surface area contributed by atoms with Gasteiger partial charge in [-0.3, -0.25) is 4.79 Å². The highest BCUT2D eigenvalue weighted by atomic mass is 16.5. The lowest BCUT2D eigenvalue weighted by Gasteiger charge is -2.28. The van der Waals surface area contributed by atoms with Gasteiger partial charge < -0.3 is 14.5 Å². The zero-order valence-corrected chi connectivity index (χ0v) is 17.1. The van der Waals surface area contributed by atoms with Crippen molar-refractivity contribution < 1.29 is 9.53 Å². The molecule has 8 heteroatoms. The summed E-state index contributed by atoms with van der Waals surface area (Å²) in [4.78, 5) is 26.2. The summed E-state index contributed by atoms with van der Waals surface area (Å²) in [5, 5.41) is 4.53. The highest BCUT2D eigenvalue weighted by Crippen LogP contribution is 2.35. The van der Waals surface area contributed by atoms with Crippen molar-refractivity contribution in [2.45, 2.75) is 26.7 Å². The second-order valence-corrected chi connectivity index (χ2v) is 8.63. The minimum absolute atomic E-state index is 0.156. The molecule has 0 radical (unpaired) electrons. The molecule has 5 rings (SSSR count). The number of likely N-dealkylation sites (tertiary alicyclic amines) is 1. The van der Waals surface area contributed by atoms with Crippen molar-refractivity contribution in [2.24, 2.45) is 17.8 Å². The summed E-state index contributed by atoms with van der Waals surface area (Å²) in [6.07, 6.45) is 3.36. The number of hydrogen-bond donors (Lipinski definition) is 0. The number of carbonyl (C=O) groups excluding carboxylic acids is 1. The lowest BCUT2D eigenvalue weighted by atomic mass is 9.99. The number of nitrogens with zero attached hydrogens (tertiary/aromatic N) is 6. The van der Waals surface area contributed by atoms with Crippen LogP contribution in [0.4, 0.5) is 5.82 Å². The molecular formula is C21H28N6O2. The van der Waals surface area contributed by atoms with Crippen LogP contribution in [0.2, 0.25) is 0 Å². The first-order valence-electron chi connectivity index (χ1n) is 10.6. The second kappa shape index (κ2) is 7.40. The van der Waals surface area contributed by atoms with E-state index < -0.39 is 0 Å². The Morgan fingerprint density at radius 2 is 1.69 bits per heavy atom. The summed E-state index contributed by atoms with van der Waals surface area (Å²) in [6.45, 7) is 9.07. The number of aryl methyl sites for hydroxylation is 2. The summed E-state index contributed by atoms with van der Waals surface area (Å²) in [7, 11) is 0. The summed E-state index contributed by atoms with van der Waals surface area (Å²) >= 11 is 0. The van der Waals surface area contributed by atoms with Gasteiger partial charge in [0, 0.05) is 68.9 Å². The number of carbonyl (C=O) groups is 1. The van der Waals surface area contributed by atoms with E-state index in [0.717, 1.165) is 75.3 Å². The van der Waals surface area contributed by atoms with E-state index in [2.05, 4.69) is 24.9 Å². The van der Waals surface area contributed by atoms with Gasteiger partial charge in [0.25, 0.3) is 0 Å². The fourth-order valence-corrected chi connectivity index (χ4v) is 5.05. The molecule has 5 heterocycles. The Kier molecular flexibility index (Phi) is 4.73. The van der Waals surface area contributed by atoms with E-state index in [1.807, 2.05) is 30.7 Å². The molecule has 29 heavy (non-hydrogen) atoms. The predicted octanol–water partition coefficient (Wildman–Crippen LogP) is 1.60. The van der Waals surface area contributed by atoms with Gasteiger partial charge in [-0.25, -0.2) is 14.6 Å². The molecule has 3 aliphatic rings. The predicted molar refractivity (Wildman–Crippen MR) is 108 cm³/mol. The summed E-state index contributed by atoms with van der Waals surface area (Å²) in [6, 6.07) is 4.07. The third kappa shape index (κ3) is 3.50. The normalized spacial score (nSPS) is 24.9. The van der Waals surface area contributed by atoms with Gasteiger partial charge >= 0.3 is 0 Å². The molecule has 0 aliphatic carbocycles. The second-order valence-electron chi connectivity index (χ2n) is 8.63. The van der Waals surface area contributed by atoms with Gasteiger partial charge in [0.2, 0.25) is 5.91 Å². The molecule has 0 bridgehead atoms. The van der Waals surface area contributed by atoms with E-state index in [4.69, 9.17) is 4.74 Å². The Balaban J connectivity index is 1.25. The molecule has 3 aliphatic heterocycles. The Morgan fingerprint density at radius 1 is 1.00 bits per heavy atom. The number of ether oxygens (including phenoxy) is 1. The van der Waals surface area contributed by atoms with E-state index >= 15 is 0 Å². The minimum Gasteiger partial charge on any atom is -0.381 e. The molecule has 2 aromatic heterocycles. The Labute approximate surface area is 170 Å². The first kappa shape index (κ1) is 18.5. The number of rotatable bonds is 3. The number of amides is 1. The molecule has 2 atom stereocenters. The standard InChI is InChI=1S/C21H28N6O2/c1-14-7-15(2)27(24-14)20-8-19(22-13-23-20)25-9-17-11-26(12-18(17)10-25)21(28)16-3-5-29-6-4-16/h7-8,13,16-18H,3-6,9-12H2,1-2H3. The van der Waals surface area contributed by atoms with Crippen LogP contribution in [0.25, 0.3) is 5.82 Å². The van der Waals surface area contributed by atoms with Gasteiger partial charge in [0.15, 0.2) is 5.82 Å². The summed E-state index contributed by atoms with van der Waals surface area (Å²) in [5.74, 6) is 3.27. The molecule has 0 saturated carbocycles. The maximum absolute atomic E-state index is 12.8. The van der Waals surface area contributed by atoms with Crippen LogP contribution in [0.1, 0.15) is 24.2 Å². The van der Waals surface area contributed by atoms with Crippen LogP contribution in [0.15, 0.2) is 18.5 Å². The molecule has 154 valence electrons.